The van der Waals surface area contributed by atoms with Gasteiger partial charge in [-0.15, -0.1) is 0 Å². The van der Waals surface area contributed by atoms with Crippen LogP contribution in [0, 0.1) is 11.7 Å². The molecule has 0 saturated heterocycles. The van der Waals surface area contributed by atoms with Crippen molar-refractivity contribution in [2.45, 2.75) is 51.0 Å². The van der Waals surface area contributed by atoms with Gasteiger partial charge in [0.25, 0.3) is 0 Å². The SMILES string of the molecule is OC(CCC1CCCCC1)c1cc(F)ccc1Cl. The summed E-state index contributed by atoms with van der Waals surface area (Å²) in [6.07, 6.45) is 7.53. The Morgan fingerprint density at radius 3 is 2.72 bits per heavy atom. The van der Waals surface area contributed by atoms with E-state index in [2.05, 4.69) is 0 Å². The molecule has 1 aromatic rings. The molecule has 1 fully saturated rings. The molecule has 1 unspecified atom stereocenters. The van der Waals surface area contributed by atoms with Gasteiger partial charge in [0.05, 0.1) is 6.10 Å². The Bertz CT molecular complexity index is 388. The highest BCUT2D eigenvalue weighted by molar-refractivity contribution is 6.31. The van der Waals surface area contributed by atoms with Crippen LogP contribution in [-0.2, 0) is 0 Å². The van der Waals surface area contributed by atoms with Crippen LogP contribution in [0.15, 0.2) is 18.2 Å². The third-order valence-electron chi connectivity index (χ3n) is 3.89. The van der Waals surface area contributed by atoms with Crippen molar-refractivity contribution in [3.63, 3.8) is 0 Å². The van der Waals surface area contributed by atoms with Crippen LogP contribution in [0.3, 0.4) is 0 Å². The molecule has 1 N–H and O–H groups in total. The summed E-state index contributed by atoms with van der Waals surface area (Å²) < 4.78 is 13.1. The number of rotatable bonds is 4. The van der Waals surface area contributed by atoms with E-state index in [1.807, 2.05) is 0 Å². The zero-order valence-electron chi connectivity index (χ0n) is 10.5. The lowest BCUT2D eigenvalue weighted by molar-refractivity contribution is 0.151. The molecule has 1 nitrogen and oxygen atoms in total. The van der Waals surface area contributed by atoms with Crippen LogP contribution in [0.5, 0.6) is 0 Å². The third kappa shape index (κ3) is 3.69. The standard InChI is InChI=1S/C15H20ClFO/c16-14-8-7-12(17)10-13(14)15(18)9-6-11-4-2-1-3-5-11/h7-8,10-11,15,18H,1-6,9H2. The third-order valence-corrected chi connectivity index (χ3v) is 4.23. The Kier molecular flexibility index (Phi) is 5.02. The Morgan fingerprint density at radius 2 is 2.00 bits per heavy atom. The highest BCUT2D eigenvalue weighted by Gasteiger charge is 2.17. The van der Waals surface area contributed by atoms with Crippen LogP contribution in [0.25, 0.3) is 0 Å². The van der Waals surface area contributed by atoms with Crippen molar-refractivity contribution < 1.29 is 9.50 Å². The molecule has 100 valence electrons. The number of aliphatic hydroxyl groups excluding tert-OH is 1. The van der Waals surface area contributed by atoms with Gasteiger partial charge in [-0.2, -0.15) is 0 Å². The molecule has 18 heavy (non-hydrogen) atoms. The summed E-state index contributed by atoms with van der Waals surface area (Å²) in [5.74, 6) is 0.381. The second-order valence-corrected chi connectivity index (χ2v) is 5.67. The second kappa shape index (κ2) is 6.53. The molecule has 2 rings (SSSR count). The first-order chi connectivity index (χ1) is 8.66. The highest BCUT2D eigenvalue weighted by atomic mass is 35.5. The van der Waals surface area contributed by atoms with Gasteiger partial charge in [0.15, 0.2) is 0 Å². The molecular formula is C15H20ClFO. The quantitative estimate of drug-likeness (QED) is 0.827. The smallest absolute Gasteiger partial charge is 0.123 e. The fourth-order valence-electron chi connectivity index (χ4n) is 2.79. The molecule has 0 amide bonds. The van der Waals surface area contributed by atoms with Crippen LogP contribution in [-0.4, -0.2) is 5.11 Å². The zero-order chi connectivity index (χ0) is 13.0. The number of hydrogen-bond donors (Lipinski definition) is 1. The Morgan fingerprint density at radius 1 is 1.28 bits per heavy atom. The molecule has 3 heteroatoms. The molecule has 0 aliphatic heterocycles. The molecule has 1 aliphatic carbocycles. The Labute approximate surface area is 113 Å². The molecular weight excluding hydrogens is 251 g/mol. The van der Waals surface area contributed by atoms with E-state index in [1.165, 1.54) is 50.3 Å². The highest BCUT2D eigenvalue weighted by Crippen LogP contribution is 2.32. The summed E-state index contributed by atoms with van der Waals surface area (Å²) >= 11 is 5.99. The van der Waals surface area contributed by atoms with Crippen LogP contribution in [0.4, 0.5) is 4.39 Å². The molecule has 1 saturated carbocycles. The van der Waals surface area contributed by atoms with E-state index in [9.17, 15) is 9.50 Å². The van der Waals surface area contributed by atoms with E-state index < -0.39 is 6.10 Å². The van der Waals surface area contributed by atoms with Crippen LogP contribution in [0.2, 0.25) is 5.02 Å². The number of aliphatic hydroxyl groups is 1. The Hall–Kier alpha value is -0.600. The van der Waals surface area contributed by atoms with E-state index in [0.29, 0.717) is 17.0 Å². The van der Waals surface area contributed by atoms with Gasteiger partial charge in [0.2, 0.25) is 0 Å². The average molecular weight is 271 g/mol. The first-order valence-electron chi connectivity index (χ1n) is 6.80. The van der Waals surface area contributed by atoms with E-state index in [0.717, 1.165) is 12.3 Å². The van der Waals surface area contributed by atoms with Gasteiger partial charge in [0, 0.05) is 10.6 Å². The van der Waals surface area contributed by atoms with Gasteiger partial charge < -0.3 is 5.11 Å². The molecule has 0 bridgehead atoms. The maximum absolute atomic E-state index is 13.1. The molecule has 0 radical (unpaired) electrons. The summed E-state index contributed by atoms with van der Waals surface area (Å²) in [4.78, 5) is 0. The number of halogens is 2. The van der Waals surface area contributed by atoms with E-state index >= 15 is 0 Å². The van der Waals surface area contributed by atoms with Crippen molar-refractivity contribution in [1.29, 1.82) is 0 Å². The van der Waals surface area contributed by atoms with Gasteiger partial charge in [-0.05, 0) is 37.0 Å². The minimum atomic E-state index is -0.643. The van der Waals surface area contributed by atoms with E-state index in [4.69, 9.17) is 11.6 Å². The lowest BCUT2D eigenvalue weighted by Gasteiger charge is -2.23. The van der Waals surface area contributed by atoms with Crippen molar-refractivity contribution >= 4 is 11.6 Å². The maximum Gasteiger partial charge on any atom is 0.123 e. The average Bonchev–Trinajstić information content (AvgIpc) is 2.40. The van der Waals surface area contributed by atoms with Crippen LogP contribution in [0.1, 0.15) is 56.6 Å². The summed E-state index contributed by atoms with van der Waals surface area (Å²) in [5.41, 5.74) is 0.521. The van der Waals surface area contributed by atoms with Crippen LogP contribution < -0.4 is 0 Å². The maximum atomic E-state index is 13.1. The van der Waals surface area contributed by atoms with Gasteiger partial charge in [-0.3, -0.25) is 0 Å². The minimum Gasteiger partial charge on any atom is -0.388 e. The van der Waals surface area contributed by atoms with Crippen molar-refractivity contribution in [1.82, 2.24) is 0 Å². The lowest BCUT2D eigenvalue weighted by atomic mass is 9.85. The topological polar surface area (TPSA) is 20.2 Å². The van der Waals surface area contributed by atoms with Crippen molar-refractivity contribution in [3.8, 4) is 0 Å². The van der Waals surface area contributed by atoms with Crippen molar-refractivity contribution in [2.75, 3.05) is 0 Å². The molecule has 0 spiro atoms. The van der Waals surface area contributed by atoms with Gasteiger partial charge in [-0.1, -0.05) is 43.7 Å². The first kappa shape index (κ1) is 13.8. The lowest BCUT2D eigenvalue weighted by Crippen LogP contribution is -2.08. The molecule has 0 heterocycles. The zero-order valence-corrected chi connectivity index (χ0v) is 11.3. The fourth-order valence-corrected chi connectivity index (χ4v) is 3.04. The fraction of sp³-hybridized carbons (Fsp3) is 0.600. The van der Waals surface area contributed by atoms with Gasteiger partial charge in [-0.25, -0.2) is 4.39 Å². The number of benzene rings is 1. The summed E-state index contributed by atoms with van der Waals surface area (Å²) in [6.45, 7) is 0. The van der Waals surface area contributed by atoms with Crippen molar-refractivity contribution in [2.24, 2.45) is 5.92 Å². The predicted molar refractivity (Wildman–Crippen MR) is 72.2 cm³/mol. The number of hydrogen-bond acceptors (Lipinski definition) is 1. The molecule has 1 aromatic carbocycles. The van der Waals surface area contributed by atoms with E-state index in [1.54, 1.807) is 0 Å². The van der Waals surface area contributed by atoms with Gasteiger partial charge in [0.1, 0.15) is 5.82 Å². The molecule has 1 aliphatic rings. The minimum absolute atomic E-state index is 0.342. The Balaban J connectivity index is 1.90. The summed E-state index contributed by atoms with van der Waals surface area (Å²) in [5, 5.41) is 10.6. The van der Waals surface area contributed by atoms with Crippen LogP contribution >= 0.6 is 11.6 Å². The molecule has 0 aromatic heterocycles. The predicted octanol–water partition coefficient (Wildman–Crippen LogP) is 4.87. The van der Waals surface area contributed by atoms with E-state index in [-0.39, 0.29) is 5.82 Å². The van der Waals surface area contributed by atoms with Crippen molar-refractivity contribution in [3.05, 3.63) is 34.6 Å². The summed E-state index contributed by atoms with van der Waals surface area (Å²) in [7, 11) is 0. The summed E-state index contributed by atoms with van der Waals surface area (Å²) in [6, 6.07) is 4.17. The first-order valence-corrected chi connectivity index (χ1v) is 7.17. The second-order valence-electron chi connectivity index (χ2n) is 5.26. The largest absolute Gasteiger partial charge is 0.388 e. The van der Waals surface area contributed by atoms with Gasteiger partial charge >= 0.3 is 0 Å². The monoisotopic (exact) mass is 270 g/mol. The molecule has 1 atom stereocenters. The normalized spacial score (nSPS) is 18.8.